The second-order valence-corrected chi connectivity index (χ2v) is 6.56. The number of aliphatic hydroxyl groups is 1. The second-order valence-electron chi connectivity index (χ2n) is 4.77. The van der Waals surface area contributed by atoms with Gasteiger partial charge in [-0.25, -0.2) is 9.67 Å². The van der Waals surface area contributed by atoms with Crippen molar-refractivity contribution in [3.63, 3.8) is 0 Å². The molecule has 2 N–H and O–H groups in total. The van der Waals surface area contributed by atoms with Gasteiger partial charge in [0.1, 0.15) is 11.8 Å². The molecule has 2 heterocycles. The van der Waals surface area contributed by atoms with Gasteiger partial charge in [-0.05, 0) is 30.5 Å². The number of thioether (sulfide) groups is 1. The van der Waals surface area contributed by atoms with Gasteiger partial charge in [-0.1, -0.05) is 23.2 Å². The summed E-state index contributed by atoms with van der Waals surface area (Å²) in [4.78, 5) is 4.44. The van der Waals surface area contributed by atoms with E-state index in [4.69, 9.17) is 23.2 Å². The fraction of sp³-hybridized carbons (Fsp3) is 0.214. The van der Waals surface area contributed by atoms with Crippen LogP contribution in [-0.2, 0) is 0 Å². The highest BCUT2D eigenvalue weighted by Crippen LogP contribution is 2.26. The van der Waals surface area contributed by atoms with Crippen molar-refractivity contribution in [2.24, 2.45) is 0 Å². The van der Waals surface area contributed by atoms with Gasteiger partial charge in [-0.2, -0.15) is 16.9 Å². The monoisotopic (exact) mass is 369 g/mol. The van der Waals surface area contributed by atoms with Crippen molar-refractivity contribution >= 4 is 35.0 Å². The summed E-state index contributed by atoms with van der Waals surface area (Å²) in [5, 5.41) is 22.5. The van der Waals surface area contributed by atoms with Crippen molar-refractivity contribution < 1.29 is 5.11 Å². The lowest BCUT2D eigenvalue weighted by molar-refractivity contribution is 0.191. The van der Waals surface area contributed by atoms with E-state index in [1.807, 2.05) is 6.26 Å². The first-order valence-corrected chi connectivity index (χ1v) is 8.83. The van der Waals surface area contributed by atoms with Crippen LogP contribution in [0.2, 0.25) is 10.0 Å². The summed E-state index contributed by atoms with van der Waals surface area (Å²) < 4.78 is 1.55. The molecule has 23 heavy (non-hydrogen) atoms. The van der Waals surface area contributed by atoms with Crippen molar-refractivity contribution in [2.75, 3.05) is 12.0 Å². The number of nitrogens with one attached hydrogen (secondary N) is 1. The van der Waals surface area contributed by atoms with Crippen LogP contribution in [0.3, 0.4) is 0 Å². The van der Waals surface area contributed by atoms with Gasteiger partial charge in [0.2, 0.25) is 0 Å². The number of halogens is 2. The number of aromatic nitrogens is 5. The van der Waals surface area contributed by atoms with Crippen LogP contribution in [0.5, 0.6) is 0 Å². The van der Waals surface area contributed by atoms with Gasteiger partial charge in [-0.3, -0.25) is 5.10 Å². The minimum atomic E-state index is -0.771. The highest BCUT2D eigenvalue weighted by molar-refractivity contribution is 7.98. The molecule has 2 aromatic heterocycles. The number of aliphatic hydroxyl groups excluding tert-OH is 1. The van der Waals surface area contributed by atoms with E-state index >= 15 is 0 Å². The first-order chi connectivity index (χ1) is 11.1. The summed E-state index contributed by atoms with van der Waals surface area (Å²) in [6, 6.07) is 6.83. The maximum absolute atomic E-state index is 10.4. The Morgan fingerprint density at radius 1 is 1.30 bits per heavy atom. The number of nitrogens with zero attached hydrogens (tertiary/aromatic N) is 4. The first kappa shape index (κ1) is 16.3. The van der Waals surface area contributed by atoms with Gasteiger partial charge in [0.25, 0.3) is 0 Å². The van der Waals surface area contributed by atoms with E-state index in [0.29, 0.717) is 38.8 Å². The number of aromatic amines is 1. The Kier molecular flexibility index (Phi) is 4.91. The smallest absolute Gasteiger partial charge is 0.199 e. The van der Waals surface area contributed by atoms with Crippen molar-refractivity contribution in [1.82, 2.24) is 25.0 Å². The minimum absolute atomic E-state index is 0.419. The van der Waals surface area contributed by atoms with Crippen molar-refractivity contribution in [2.45, 2.75) is 6.10 Å². The van der Waals surface area contributed by atoms with Crippen LogP contribution in [0.15, 0.2) is 30.5 Å². The van der Waals surface area contributed by atoms with E-state index < -0.39 is 6.10 Å². The third kappa shape index (κ3) is 3.53. The molecule has 0 aliphatic rings. The predicted octanol–water partition coefficient (Wildman–Crippen LogP) is 3.36. The zero-order valence-corrected chi connectivity index (χ0v) is 14.4. The summed E-state index contributed by atoms with van der Waals surface area (Å²) in [6.45, 7) is 0. The molecule has 9 heteroatoms. The highest BCUT2D eigenvalue weighted by Gasteiger charge is 2.20. The molecule has 0 spiro atoms. The average Bonchev–Trinajstić information content (AvgIpc) is 3.16. The molecule has 0 amide bonds. The Labute approximate surface area is 146 Å². The molecule has 0 saturated heterocycles. The third-order valence-corrected chi connectivity index (χ3v) is 4.17. The Morgan fingerprint density at radius 2 is 2.04 bits per heavy atom. The lowest BCUT2D eigenvalue weighted by Crippen LogP contribution is -2.10. The van der Waals surface area contributed by atoms with E-state index in [1.54, 1.807) is 35.1 Å². The molecule has 1 unspecified atom stereocenters. The van der Waals surface area contributed by atoms with Crippen molar-refractivity contribution in [3.8, 4) is 17.2 Å². The maximum Gasteiger partial charge on any atom is 0.199 e. The van der Waals surface area contributed by atoms with Crippen LogP contribution in [0.25, 0.3) is 17.2 Å². The molecule has 0 saturated carbocycles. The quantitative estimate of drug-likeness (QED) is 0.720. The number of rotatable bonds is 5. The molecule has 0 bridgehead atoms. The van der Waals surface area contributed by atoms with Crippen LogP contribution in [0.4, 0.5) is 0 Å². The fourth-order valence-electron chi connectivity index (χ4n) is 2.12. The molecular weight excluding hydrogens is 357 g/mol. The van der Waals surface area contributed by atoms with E-state index in [2.05, 4.69) is 20.3 Å². The predicted molar refractivity (Wildman–Crippen MR) is 92.3 cm³/mol. The summed E-state index contributed by atoms with van der Waals surface area (Å²) in [7, 11) is 0. The van der Waals surface area contributed by atoms with Gasteiger partial charge in [0.05, 0.1) is 5.69 Å². The number of benzene rings is 1. The van der Waals surface area contributed by atoms with E-state index in [1.165, 1.54) is 11.8 Å². The van der Waals surface area contributed by atoms with E-state index in [9.17, 15) is 5.11 Å². The van der Waals surface area contributed by atoms with Crippen LogP contribution in [0.1, 0.15) is 11.9 Å². The van der Waals surface area contributed by atoms with Crippen LogP contribution in [-0.4, -0.2) is 42.1 Å². The fourth-order valence-corrected chi connectivity index (χ4v) is 3.10. The summed E-state index contributed by atoms with van der Waals surface area (Å²) >= 11 is 13.7. The van der Waals surface area contributed by atoms with E-state index in [-0.39, 0.29) is 0 Å². The summed E-state index contributed by atoms with van der Waals surface area (Å²) in [6.07, 6.45) is 2.76. The molecule has 0 aliphatic heterocycles. The maximum atomic E-state index is 10.4. The topological polar surface area (TPSA) is 79.6 Å². The van der Waals surface area contributed by atoms with Gasteiger partial charge in [0.15, 0.2) is 11.6 Å². The number of H-pyrrole nitrogens is 1. The minimum Gasteiger partial charge on any atom is -0.384 e. The van der Waals surface area contributed by atoms with Crippen LogP contribution >= 0.6 is 35.0 Å². The number of hydrogen-bond acceptors (Lipinski definition) is 5. The molecule has 3 aromatic rings. The zero-order valence-electron chi connectivity index (χ0n) is 12.1. The average molecular weight is 370 g/mol. The molecule has 1 atom stereocenters. The molecule has 0 fully saturated rings. The van der Waals surface area contributed by atoms with E-state index in [0.717, 1.165) is 0 Å². The number of hydrogen-bond donors (Lipinski definition) is 2. The van der Waals surface area contributed by atoms with Crippen LogP contribution < -0.4 is 0 Å². The summed E-state index contributed by atoms with van der Waals surface area (Å²) in [5.41, 5.74) is 1.30. The standard InChI is InChI=1S/C14H13Cl2N5OS/c1-23-7-12(22)14-18-13(11-2-3-17-19-11)20-21(14)10-5-8(15)4-9(16)6-10/h2-6,12,22H,7H2,1H3,(H,17,19). The Morgan fingerprint density at radius 3 is 2.65 bits per heavy atom. The third-order valence-electron chi connectivity index (χ3n) is 3.09. The Balaban J connectivity index is 2.13. The van der Waals surface area contributed by atoms with Crippen LogP contribution in [0, 0.1) is 0 Å². The van der Waals surface area contributed by atoms with Crippen molar-refractivity contribution in [1.29, 1.82) is 0 Å². The zero-order chi connectivity index (χ0) is 16.4. The normalized spacial score (nSPS) is 12.5. The summed E-state index contributed by atoms with van der Waals surface area (Å²) in [5.74, 6) is 1.35. The molecule has 0 aliphatic carbocycles. The molecule has 0 radical (unpaired) electrons. The lowest BCUT2D eigenvalue weighted by Gasteiger charge is -2.11. The van der Waals surface area contributed by atoms with Gasteiger partial charge < -0.3 is 5.11 Å². The Hall–Kier alpha value is -1.54. The molecule has 120 valence electrons. The lowest BCUT2D eigenvalue weighted by atomic mass is 10.3. The SMILES string of the molecule is CSCC(O)c1nc(-c2ccn[nH]2)nn1-c1cc(Cl)cc(Cl)c1. The first-order valence-electron chi connectivity index (χ1n) is 6.68. The molecule has 6 nitrogen and oxygen atoms in total. The highest BCUT2D eigenvalue weighted by atomic mass is 35.5. The van der Waals surface area contributed by atoms with Gasteiger partial charge in [0, 0.05) is 22.0 Å². The largest absolute Gasteiger partial charge is 0.384 e. The molecule has 1 aromatic carbocycles. The molecule has 3 rings (SSSR count). The Bertz CT molecular complexity index is 785. The van der Waals surface area contributed by atoms with Gasteiger partial charge in [-0.15, -0.1) is 5.10 Å². The second kappa shape index (κ2) is 6.92. The van der Waals surface area contributed by atoms with Gasteiger partial charge >= 0.3 is 0 Å². The molecular formula is C14H13Cl2N5OS. The van der Waals surface area contributed by atoms with Crippen molar-refractivity contribution in [3.05, 3.63) is 46.3 Å².